The molecule has 2 atom stereocenters. The standard InChI is InChI=1S/C20H27F3N6/c1-12(2)17-15(20(21,22)23)11-26-19(28-17)27-14-7-5-6-13(10-14)18(25)29-9-4-3-8-16(29)24/h11,13-14,24-25H,1,3-10H2,2H3,(H,26,27,28)/t13-,14+/m0/s1. The quantitative estimate of drug-likeness (QED) is 0.486. The van der Waals surface area contributed by atoms with Gasteiger partial charge in [-0.05, 0) is 44.6 Å². The molecular weight excluding hydrogens is 381 g/mol. The fourth-order valence-electron chi connectivity index (χ4n) is 4.05. The molecule has 1 aromatic heterocycles. The van der Waals surface area contributed by atoms with Crippen LogP contribution in [-0.4, -0.2) is 39.1 Å². The topological polar surface area (TPSA) is 88.8 Å². The Balaban J connectivity index is 1.70. The molecule has 0 unspecified atom stereocenters. The number of rotatable bonds is 4. The molecule has 2 aliphatic rings. The average molecular weight is 408 g/mol. The molecule has 1 saturated carbocycles. The van der Waals surface area contributed by atoms with Crippen molar-refractivity contribution in [1.29, 1.82) is 10.8 Å². The van der Waals surface area contributed by atoms with E-state index >= 15 is 0 Å². The van der Waals surface area contributed by atoms with Crippen LogP contribution in [0.25, 0.3) is 5.57 Å². The van der Waals surface area contributed by atoms with Crippen molar-refractivity contribution in [3.8, 4) is 0 Å². The van der Waals surface area contributed by atoms with Gasteiger partial charge in [0.1, 0.15) is 11.7 Å². The molecule has 0 bridgehead atoms. The number of nitrogens with one attached hydrogen (secondary N) is 3. The molecule has 1 aliphatic carbocycles. The summed E-state index contributed by atoms with van der Waals surface area (Å²) in [5.74, 6) is 1.17. The second-order valence-electron chi connectivity index (χ2n) is 7.88. The number of likely N-dealkylation sites (tertiary alicyclic amines) is 1. The predicted octanol–water partition coefficient (Wildman–Crippen LogP) is 4.94. The SMILES string of the molecule is C=C(C)c1nc(N[C@@H]2CCC[C@H](C(=N)N3CCCCC3=N)C2)ncc1C(F)(F)F. The van der Waals surface area contributed by atoms with Crippen molar-refractivity contribution < 1.29 is 13.2 Å². The number of alkyl halides is 3. The van der Waals surface area contributed by atoms with Crippen LogP contribution in [0.3, 0.4) is 0 Å². The molecule has 0 radical (unpaired) electrons. The van der Waals surface area contributed by atoms with Crippen molar-refractivity contribution in [2.75, 3.05) is 11.9 Å². The predicted molar refractivity (Wildman–Crippen MR) is 107 cm³/mol. The highest BCUT2D eigenvalue weighted by atomic mass is 19.4. The van der Waals surface area contributed by atoms with Crippen molar-refractivity contribution in [2.24, 2.45) is 5.92 Å². The van der Waals surface area contributed by atoms with Gasteiger partial charge in [0, 0.05) is 31.1 Å². The molecule has 2 fully saturated rings. The molecule has 6 nitrogen and oxygen atoms in total. The Morgan fingerprint density at radius 2 is 2.03 bits per heavy atom. The monoisotopic (exact) mass is 408 g/mol. The molecule has 158 valence electrons. The van der Waals surface area contributed by atoms with E-state index in [1.54, 1.807) is 0 Å². The summed E-state index contributed by atoms with van der Waals surface area (Å²) in [6, 6.07) is -0.0252. The molecule has 1 aliphatic heterocycles. The number of aromatic nitrogens is 2. The minimum Gasteiger partial charge on any atom is -0.351 e. The van der Waals surface area contributed by atoms with E-state index in [0.717, 1.165) is 44.8 Å². The lowest BCUT2D eigenvalue weighted by Crippen LogP contribution is -2.45. The Hall–Kier alpha value is -2.45. The fourth-order valence-corrected chi connectivity index (χ4v) is 4.05. The molecule has 1 aromatic rings. The summed E-state index contributed by atoms with van der Waals surface area (Å²) in [6.07, 6.45) is 2.26. The first-order chi connectivity index (χ1) is 13.7. The molecule has 2 heterocycles. The lowest BCUT2D eigenvalue weighted by molar-refractivity contribution is -0.138. The number of hydrogen-bond acceptors (Lipinski definition) is 5. The summed E-state index contributed by atoms with van der Waals surface area (Å²) in [5.41, 5.74) is -0.853. The number of nitrogens with zero attached hydrogens (tertiary/aromatic N) is 3. The minimum atomic E-state index is -4.53. The number of amidine groups is 2. The maximum Gasteiger partial charge on any atom is 0.419 e. The number of piperidine rings is 1. The Morgan fingerprint density at radius 3 is 2.69 bits per heavy atom. The van der Waals surface area contributed by atoms with E-state index in [9.17, 15) is 13.2 Å². The molecule has 3 N–H and O–H groups in total. The normalized spacial score (nSPS) is 23.0. The van der Waals surface area contributed by atoms with Crippen molar-refractivity contribution in [3.63, 3.8) is 0 Å². The van der Waals surface area contributed by atoms with Crippen molar-refractivity contribution >= 4 is 23.2 Å². The van der Waals surface area contributed by atoms with Crippen LogP contribution in [0.2, 0.25) is 0 Å². The number of anilines is 1. The number of allylic oxidation sites excluding steroid dienone is 1. The maximum atomic E-state index is 13.2. The minimum absolute atomic E-state index is 0.0229. The van der Waals surface area contributed by atoms with Gasteiger partial charge in [-0.25, -0.2) is 9.97 Å². The second kappa shape index (κ2) is 8.51. The van der Waals surface area contributed by atoms with E-state index in [1.807, 2.05) is 4.90 Å². The molecule has 3 rings (SSSR count). The zero-order chi connectivity index (χ0) is 21.2. The third-order valence-electron chi connectivity index (χ3n) is 5.55. The van der Waals surface area contributed by atoms with Gasteiger partial charge < -0.3 is 10.2 Å². The van der Waals surface area contributed by atoms with Crippen LogP contribution in [0.15, 0.2) is 12.8 Å². The smallest absolute Gasteiger partial charge is 0.351 e. The van der Waals surface area contributed by atoms with Gasteiger partial charge in [0.2, 0.25) is 5.95 Å². The first-order valence-electron chi connectivity index (χ1n) is 9.97. The van der Waals surface area contributed by atoms with Gasteiger partial charge in [-0.1, -0.05) is 13.0 Å². The Labute approximate surface area is 168 Å². The van der Waals surface area contributed by atoms with Gasteiger partial charge >= 0.3 is 6.18 Å². The van der Waals surface area contributed by atoms with Gasteiger partial charge in [0.15, 0.2) is 0 Å². The first kappa shape index (κ1) is 21.3. The van der Waals surface area contributed by atoms with Crippen molar-refractivity contribution in [3.05, 3.63) is 24.0 Å². The molecule has 0 aromatic carbocycles. The first-order valence-corrected chi connectivity index (χ1v) is 9.97. The highest BCUT2D eigenvalue weighted by Gasteiger charge is 2.35. The van der Waals surface area contributed by atoms with Gasteiger partial charge in [0.25, 0.3) is 0 Å². The lowest BCUT2D eigenvalue weighted by Gasteiger charge is -2.37. The van der Waals surface area contributed by atoms with Crippen molar-refractivity contribution in [2.45, 2.75) is 64.1 Å². The summed E-state index contributed by atoms with van der Waals surface area (Å²) in [4.78, 5) is 9.75. The van der Waals surface area contributed by atoms with E-state index in [2.05, 4.69) is 21.9 Å². The molecule has 9 heteroatoms. The maximum absolute atomic E-state index is 13.2. The summed E-state index contributed by atoms with van der Waals surface area (Å²) in [5, 5.41) is 19.8. The second-order valence-corrected chi connectivity index (χ2v) is 7.88. The van der Waals surface area contributed by atoms with Crippen LogP contribution in [0.4, 0.5) is 19.1 Å². The van der Waals surface area contributed by atoms with Gasteiger partial charge in [0.05, 0.1) is 11.3 Å². The summed E-state index contributed by atoms with van der Waals surface area (Å²) >= 11 is 0. The molecular formula is C20H27F3N6. The average Bonchev–Trinajstić information content (AvgIpc) is 2.67. The van der Waals surface area contributed by atoms with E-state index < -0.39 is 11.7 Å². The highest BCUT2D eigenvalue weighted by molar-refractivity contribution is 5.99. The van der Waals surface area contributed by atoms with E-state index in [4.69, 9.17) is 10.8 Å². The summed E-state index contributed by atoms with van der Waals surface area (Å²) in [6.45, 7) is 5.82. The van der Waals surface area contributed by atoms with Crippen LogP contribution in [0.5, 0.6) is 0 Å². The number of halogens is 3. The molecule has 0 spiro atoms. The molecule has 29 heavy (non-hydrogen) atoms. The van der Waals surface area contributed by atoms with Gasteiger partial charge in [-0.3, -0.25) is 10.8 Å². The highest BCUT2D eigenvalue weighted by Crippen LogP contribution is 2.34. The van der Waals surface area contributed by atoms with Gasteiger partial charge in [-0.2, -0.15) is 13.2 Å². The van der Waals surface area contributed by atoms with E-state index in [1.165, 1.54) is 6.92 Å². The van der Waals surface area contributed by atoms with Crippen molar-refractivity contribution in [1.82, 2.24) is 14.9 Å². The zero-order valence-electron chi connectivity index (χ0n) is 16.6. The van der Waals surface area contributed by atoms with Crippen LogP contribution >= 0.6 is 0 Å². The number of hydrogen-bond donors (Lipinski definition) is 3. The Kier molecular flexibility index (Phi) is 6.24. The fraction of sp³-hybridized carbons (Fsp3) is 0.600. The largest absolute Gasteiger partial charge is 0.419 e. The molecule has 0 amide bonds. The van der Waals surface area contributed by atoms with Crippen LogP contribution in [0.1, 0.15) is 63.1 Å². The van der Waals surface area contributed by atoms with Crippen LogP contribution in [0, 0.1) is 16.7 Å². The Bertz CT molecular complexity index is 804. The zero-order valence-corrected chi connectivity index (χ0v) is 16.6. The lowest BCUT2D eigenvalue weighted by atomic mass is 9.84. The Morgan fingerprint density at radius 1 is 1.28 bits per heavy atom. The third kappa shape index (κ3) is 4.94. The van der Waals surface area contributed by atoms with Crippen LogP contribution in [-0.2, 0) is 6.18 Å². The van der Waals surface area contributed by atoms with E-state index in [0.29, 0.717) is 24.5 Å². The summed E-state index contributed by atoms with van der Waals surface area (Å²) < 4.78 is 39.5. The third-order valence-corrected chi connectivity index (χ3v) is 5.55. The summed E-state index contributed by atoms with van der Waals surface area (Å²) in [7, 11) is 0. The molecule has 1 saturated heterocycles. The van der Waals surface area contributed by atoms with Crippen LogP contribution < -0.4 is 5.32 Å². The van der Waals surface area contributed by atoms with E-state index in [-0.39, 0.29) is 29.2 Å². The van der Waals surface area contributed by atoms with Gasteiger partial charge in [-0.15, -0.1) is 0 Å².